The molecular weight excluding hydrogens is 873 g/mol. The van der Waals surface area contributed by atoms with Crippen LogP contribution in [0.15, 0.2) is 0 Å². The van der Waals surface area contributed by atoms with Gasteiger partial charge in [-0.25, -0.2) is 4.79 Å². The van der Waals surface area contributed by atoms with E-state index in [2.05, 4.69) is 67.8 Å². The van der Waals surface area contributed by atoms with Crippen molar-refractivity contribution in [1.82, 2.24) is 42.5 Å². The predicted molar refractivity (Wildman–Crippen MR) is 248 cm³/mol. The highest BCUT2D eigenvalue weighted by Crippen LogP contribution is 2.12. The number of aliphatic carboxylic acids is 1. The van der Waals surface area contributed by atoms with Gasteiger partial charge in [0.05, 0.1) is 19.2 Å². The van der Waals surface area contributed by atoms with Gasteiger partial charge in [-0.15, -0.1) is 0 Å². The fraction of sp³-hybridized carbons (Fsp3) is 0.780. The van der Waals surface area contributed by atoms with Crippen molar-refractivity contribution in [2.75, 3.05) is 31.2 Å². The van der Waals surface area contributed by atoms with Crippen LogP contribution in [-0.4, -0.2) is 143 Å². The highest BCUT2D eigenvalue weighted by atomic mass is 32.1. The van der Waals surface area contributed by atoms with Crippen LogP contribution in [0.5, 0.6) is 0 Å². The van der Waals surface area contributed by atoms with Crippen LogP contribution in [0.25, 0.3) is 0 Å². The number of aliphatic hydroxyl groups excluding tert-OH is 1. The molecule has 23 heteroatoms. The van der Waals surface area contributed by atoms with Crippen LogP contribution < -0.4 is 54.0 Å². The molecule has 0 aliphatic carbocycles. The van der Waals surface area contributed by atoms with Crippen LogP contribution in [-0.2, 0) is 43.2 Å². The Morgan fingerprint density at radius 1 is 0.547 bits per heavy atom. The zero-order valence-corrected chi connectivity index (χ0v) is 40.3. The fourth-order valence-electron chi connectivity index (χ4n) is 6.21. The van der Waals surface area contributed by atoms with Gasteiger partial charge in [-0.1, -0.05) is 61.8 Å². The van der Waals surface area contributed by atoms with E-state index in [1.807, 2.05) is 27.7 Å². The zero-order valence-electron chi connectivity index (χ0n) is 38.5. The molecule has 368 valence electrons. The van der Waals surface area contributed by atoms with E-state index >= 15 is 0 Å². The second-order valence-corrected chi connectivity index (χ2v) is 17.9. The third-order valence-electron chi connectivity index (χ3n) is 9.99. The van der Waals surface area contributed by atoms with Gasteiger partial charge in [0.2, 0.25) is 47.3 Å². The van der Waals surface area contributed by atoms with Crippen molar-refractivity contribution in [2.24, 2.45) is 35.1 Å². The van der Waals surface area contributed by atoms with Gasteiger partial charge >= 0.3 is 5.97 Å². The van der Waals surface area contributed by atoms with Crippen LogP contribution in [0.2, 0.25) is 0 Å². The average Bonchev–Trinajstić information content (AvgIpc) is 3.22. The maximum absolute atomic E-state index is 13.4. The minimum Gasteiger partial charge on any atom is -0.480 e. The SMILES string of the molecule is CC[C@H](C)[C@H](NC(=O)[C@H](CCCCN)NC(=O)[C@H](CS)NC(=O)CNC(=O)[C@H](CC(C)C)NC(=O)[C@H](CS)NC(=O)[C@H](CO)NC(=O)[C@H](CC(C)C)NC(=O)[C@@H](N)CC(C)C)C(=O)O. The number of carboxylic acids is 1. The zero-order chi connectivity index (χ0) is 49.3. The van der Waals surface area contributed by atoms with Gasteiger partial charge in [0.1, 0.15) is 42.3 Å². The summed E-state index contributed by atoms with van der Waals surface area (Å²) in [4.78, 5) is 117. The van der Waals surface area contributed by atoms with Gasteiger partial charge in [-0.05, 0) is 68.7 Å². The molecule has 0 rings (SSSR count). The molecular formula is C41H76N10O11S2. The molecule has 8 amide bonds. The van der Waals surface area contributed by atoms with Gasteiger partial charge in [0, 0.05) is 11.5 Å². The van der Waals surface area contributed by atoms with Crippen molar-refractivity contribution in [2.45, 2.75) is 149 Å². The van der Waals surface area contributed by atoms with E-state index in [-0.39, 0.29) is 48.5 Å². The highest BCUT2D eigenvalue weighted by Gasteiger charge is 2.34. The summed E-state index contributed by atoms with van der Waals surface area (Å²) in [6.07, 6.45) is 2.25. The molecule has 0 radical (unpaired) electrons. The van der Waals surface area contributed by atoms with Crippen LogP contribution in [0.4, 0.5) is 0 Å². The lowest BCUT2D eigenvalue weighted by Gasteiger charge is -2.27. The maximum atomic E-state index is 13.4. The first kappa shape index (κ1) is 59.8. The molecule has 14 N–H and O–H groups in total. The largest absolute Gasteiger partial charge is 0.480 e. The van der Waals surface area contributed by atoms with E-state index in [9.17, 15) is 53.4 Å². The molecule has 0 spiro atoms. The van der Waals surface area contributed by atoms with E-state index in [0.717, 1.165) is 0 Å². The van der Waals surface area contributed by atoms with E-state index in [4.69, 9.17) is 11.5 Å². The van der Waals surface area contributed by atoms with Crippen molar-refractivity contribution >= 4 is 78.5 Å². The number of amides is 8. The van der Waals surface area contributed by atoms with Gasteiger partial charge in [-0.3, -0.25) is 38.4 Å². The fourth-order valence-corrected chi connectivity index (χ4v) is 6.72. The van der Waals surface area contributed by atoms with Gasteiger partial charge < -0.3 is 64.2 Å². The smallest absolute Gasteiger partial charge is 0.326 e. The predicted octanol–water partition coefficient (Wildman–Crippen LogP) is -1.93. The molecule has 0 bridgehead atoms. The number of thiol groups is 2. The lowest BCUT2D eigenvalue weighted by atomic mass is 9.98. The number of hydrogen-bond donors (Lipinski definition) is 14. The number of unbranched alkanes of at least 4 members (excludes halogenated alkanes) is 1. The van der Waals surface area contributed by atoms with Gasteiger partial charge in [0.15, 0.2) is 0 Å². The third kappa shape index (κ3) is 23.1. The molecule has 0 heterocycles. The molecule has 0 aromatic rings. The van der Waals surface area contributed by atoms with Crippen molar-refractivity contribution < 1.29 is 53.4 Å². The molecule has 9 atom stereocenters. The van der Waals surface area contributed by atoms with Crippen molar-refractivity contribution in [3.63, 3.8) is 0 Å². The lowest BCUT2D eigenvalue weighted by Crippen LogP contribution is -2.60. The topological polar surface area (TPSA) is 342 Å². The quantitative estimate of drug-likeness (QED) is 0.0259. The normalized spacial score (nSPS) is 15.6. The Bertz CT molecular complexity index is 1540. The van der Waals surface area contributed by atoms with Gasteiger partial charge in [0.25, 0.3) is 0 Å². The molecule has 0 saturated heterocycles. The first-order valence-electron chi connectivity index (χ1n) is 21.9. The standard InChI is InChI=1S/C41H76N10O11S2/c1-9-24(8)33(41(61)62)51-36(56)26(12-10-11-13-42)46-39(59)30(19-63)45-32(53)17-44-35(55)27(15-22(4)5)48-40(60)31(20-64)50-38(58)29(18-52)49-37(57)28(16-23(6)7)47-34(54)25(43)14-21(2)3/h21-31,33,52,63-64H,9-20,42-43H2,1-8H3,(H,44,55)(H,45,53)(H,46,59)(H,47,54)(H,48,60)(H,49,57)(H,50,58)(H,51,56)(H,61,62)/t24-,25-,26-,27-,28-,29-,30-,31-,33-/m0/s1. The van der Waals surface area contributed by atoms with Crippen LogP contribution in [0.1, 0.15) is 100 Å². The average molecular weight is 949 g/mol. The molecule has 0 fully saturated rings. The third-order valence-corrected chi connectivity index (χ3v) is 10.7. The summed E-state index contributed by atoms with van der Waals surface area (Å²) in [5.41, 5.74) is 11.6. The summed E-state index contributed by atoms with van der Waals surface area (Å²) in [7, 11) is 0. The number of nitrogens with one attached hydrogen (secondary N) is 8. The molecule has 0 aliphatic rings. The Morgan fingerprint density at radius 3 is 1.44 bits per heavy atom. The van der Waals surface area contributed by atoms with Crippen LogP contribution in [0.3, 0.4) is 0 Å². The summed E-state index contributed by atoms with van der Waals surface area (Å²) < 4.78 is 0. The van der Waals surface area contributed by atoms with E-state index in [0.29, 0.717) is 32.2 Å². The second-order valence-electron chi connectivity index (χ2n) is 17.2. The summed E-state index contributed by atoms with van der Waals surface area (Å²) in [6, 6.07) is -9.66. The minimum absolute atomic E-state index is 0.0501. The molecule has 64 heavy (non-hydrogen) atoms. The molecule has 21 nitrogen and oxygen atoms in total. The summed E-state index contributed by atoms with van der Waals surface area (Å²) in [5, 5.41) is 39.6. The summed E-state index contributed by atoms with van der Waals surface area (Å²) >= 11 is 8.34. The summed E-state index contributed by atoms with van der Waals surface area (Å²) in [6.45, 7) is 13.3. The van der Waals surface area contributed by atoms with E-state index in [1.165, 1.54) is 0 Å². The summed E-state index contributed by atoms with van der Waals surface area (Å²) in [5.74, 6) is -8.34. The first-order chi connectivity index (χ1) is 30.0. The molecule has 0 aliphatic heterocycles. The Balaban J connectivity index is 5.75. The number of hydrogen-bond acceptors (Lipinski definition) is 14. The first-order valence-corrected chi connectivity index (χ1v) is 23.1. The Hall–Kier alpha value is -4.19. The number of carbonyl (C=O) groups is 9. The molecule has 0 aromatic carbocycles. The van der Waals surface area contributed by atoms with E-state index in [1.54, 1.807) is 27.7 Å². The number of rotatable bonds is 32. The van der Waals surface area contributed by atoms with Crippen molar-refractivity contribution in [3.05, 3.63) is 0 Å². The number of carboxylic acid groups (broad SMARTS) is 1. The molecule has 0 saturated carbocycles. The Labute approximate surface area is 388 Å². The Kier molecular flexibility index (Phi) is 29.6. The maximum Gasteiger partial charge on any atom is 0.326 e. The van der Waals surface area contributed by atoms with Gasteiger partial charge in [-0.2, -0.15) is 25.3 Å². The number of carbonyl (C=O) groups excluding carboxylic acids is 8. The van der Waals surface area contributed by atoms with Crippen LogP contribution in [0, 0.1) is 23.7 Å². The highest BCUT2D eigenvalue weighted by molar-refractivity contribution is 7.80. The number of nitrogens with two attached hydrogens (primary N) is 2. The number of aliphatic hydroxyl groups is 1. The monoisotopic (exact) mass is 949 g/mol. The van der Waals surface area contributed by atoms with Crippen LogP contribution >= 0.6 is 25.3 Å². The van der Waals surface area contributed by atoms with E-state index < -0.39 is 121 Å². The lowest BCUT2D eigenvalue weighted by molar-refractivity contribution is -0.144. The van der Waals surface area contributed by atoms with Crippen molar-refractivity contribution in [1.29, 1.82) is 0 Å². The second kappa shape index (κ2) is 31.6. The minimum atomic E-state index is -1.53. The molecule has 0 aromatic heterocycles. The molecule has 0 unspecified atom stereocenters. The van der Waals surface area contributed by atoms with Crippen molar-refractivity contribution in [3.8, 4) is 0 Å². The Morgan fingerprint density at radius 2 is 0.969 bits per heavy atom.